The second-order valence-corrected chi connectivity index (χ2v) is 8.40. The van der Waals surface area contributed by atoms with Crippen LogP contribution in [0.5, 0.6) is 0 Å². The number of amides is 1. The number of hydrogen-bond donors (Lipinski definition) is 1. The van der Waals surface area contributed by atoms with Crippen molar-refractivity contribution in [1.82, 2.24) is 9.88 Å². The van der Waals surface area contributed by atoms with Crippen molar-refractivity contribution in [2.45, 2.75) is 28.7 Å². The first-order valence-electron chi connectivity index (χ1n) is 8.41. The van der Waals surface area contributed by atoms with Gasteiger partial charge in [-0.15, -0.1) is 0 Å². The predicted molar refractivity (Wildman–Crippen MR) is 92.3 cm³/mol. The largest absolute Gasteiger partial charge is 0.416 e. The molecule has 2 heterocycles. The first-order chi connectivity index (χ1) is 14.3. The first-order valence-corrected chi connectivity index (χ1v) is 9.89. The van der Waals surface area contributed by atoms with Gasteiger partial charge < -0.3 is 15.4 Å². The average molecular weight is 469 g/mol. The number of hydrogen-bond acceptors (Lipinski definition) is 6. The highest BCUT2D eigenvalue weighted by Crippen LogP contribution is 2.33. The average Bonchev–Trinajstić information content (AvgIpc) is 2.62. The lowest BCUT2D eigenvalue weighted by atomic mass is 10.1. The Balaban J connectivity index is 1.83. The fourth-order valence-electron chi connectivity index (χ4n) is 2.79. The molecular formula is C17H13F6N3O4S. The van der Waals surface area contributed by atoms with Gasteiger partial charge in [-0.05, 0) is 24.3 Å². The van der Waals surface area contributed by atoms with E-state index < -0.39 is 61.5 Å². The van der Waals surface area contributed by atoms with Crippen LogP contribution in [-0.4, -0.2) is 50.0 Å². The summed E-state index contributed by atoms with van der Waals surface area (Å²) in [6.45, 7) is -3.30. The summed E-state index contributed by atoms with van der Waals surface area (Å²) in [5.74, 6) is -2.39. The number of ether oxygens (including phenoxy) is 1. The maximum Gasteiger partial charge on any atom is 0.416 e. The summed E-state index contributed by atoms with van der Waals surface area (Å²) < 4.78 is 106. The third kappa shape index (κ3) is 4.58. The standard InChI is InChI=1S/C17H13F6N3O4S/c18-11-3-8(17(21,22)23)1-2-13(11)31(28,29)10-4-12(24)14(25-5-10)15(27)26-6-9(7-26)30-16(19)20/h1-5,9,16H,6-7,24H2. The van der Waals surface area contributed by atoms with E-state index >= 15 is 0 Å². The van der Waals surface area contributed by atoms with E-state index in [1.54, 1.807) is 0 Å². The minimum absolute atomic E-state index is 0.0450. The van der Waals surface area contributed by atoms with Gasteiger partial charge in [-0.25, -0.2) is 17.8 Å². The molecule has 2 aromatic rings. The molecule has 0 spiro atoms. The summed E-state index contributed by atoms with van der Waals surface area (Å²) in [6, 6.07) is 1.72. The number of pyridine rings is 1. The van der Waals surface area contributed by atoms with Crippen LogP contribution in [0.4, 0.5) is 32.0 Å². The molecule has 1 amide bonds. The van der Waals surface area contributed by atoms with Crippen molar-refractivity contribution in [2.75, 3.05) is 18.8 Å². The zero-order valence-corrected chi connectivity index (χ0v) is 16.1. The third-order valence-electron chi connectivity index (χ3n) is 4.38. The van der Waals surface area contributed by atoms with E-state index in [-0.39, 0.29) is 24.8 Å². The van der Waals surface area contributed by atoms with Crippen LogP contribution in [-0.2, 0) is 20.8 Å². The molecule has 0 saturated carbocycles. The molecule has 1 fully saturated rings. The molecule has 0 radical (unpaired) electrons. The summed E-state index contributed by atoms with van der Waals surface area (Å²) in [5.41, 5.74) is 3.53. The van der Waals surface area contributed by atoms with Gasteiger partial charge in [-0.2, -0.15) is 22.0 Å². The number of nitrogen functional groups attached to an aromatic ring is 1. The molecule has 0 bridgehead atoms. The lowest BCUT2D eigenvalue weighted by Crippen LogP contribution is -2.55. The van der Waals surface area contributed by atoms with Crippen LogP contribution in [0.3, 0.4) is 0 Å². The van der Waals surface area contributed by atoms with Crippen molar-refractivity contribution < 1.29 is 44.3 Å². The van der Waals surface area contributed by atoms with E-state index in [4.69, 9.17) is 5.73 Å². The summed E-state index contributed by atoms with van der Waals surface area (Å²) in [6.07, 6.45) is -5.04. The molecule has 31 heavy (non-hydrogen) atoms. The molecule has 0 unspecified atom stereocenters. The van der Waals surface area contributed by atoms with E-state index in [1.807, 2.05) is 0 Å². The van der Waals surface area contributed by atoms with Crippen molar-refractivity contribution in [1.29, 1.82) is 0 Å². The lowest BCUT2D eigenvalue weighted by molar-refractivity contribution is -0.189. The van der Waals surface area contributed by atoms with E-state index in [0.29, 0.717) is 18.3 Å². The molecule has 1 aromatic heterocycles. The highest BCUT2D eigenvalue weighted by molar-refractivity contribution is 7.91. The molecule has 0 atom stereocenters. The van der Waals surface area contributed by atoms with Crippen molar-refractivity contribution in [3.63, 3.8) is 0 Å². The number of carbonyl (C=O) groups excluding carboxylic acids is 1. The van der Waals surface area contributed by atoms with Crippen LogP contribution in [0, 0.1) is 5.82 Å². The maximum atomic E-state index is 14.1. The van der Waals surface area contributed by atoms with E-state index in [0.717, 1.165) is 11.0 Å². The van der Waals surface area contributed by atoms with E-state index in [2.05, 4.69) is 9.72 Å². The van der Waals surface area contributed by atoms with Gasteiger partial charge in [-0.1, -0.05) is 0 Å². The number of alkyl halides is 5. The summed E-state index contributed by atoms with van der Waals surface area (Å²) in [7, 11) is -4.64. The van der Waals surface area contributed by atoms with Crippen LogP contribution in [0.25, 0.3) is 0 Å². The number of rotatable bonds is 5. The van der Waals surface area contributed by atoms with Crippen LogP contribution in [0.15, 0.2) is 40.3 Å². The number of aromatic nitrogens is 1. The molecule has 1 aliphatic heterocycles. The Hall–Kier alpha value is -2.87. The Kier molecular flexibility index (Phi) is 5.88. The second kappa shape index (κ2) is 8.00. The van der Waals surface area contributed by atoms with Crippen LogP contribution >= 0.6 is 0 Å². The second-order valence-electron chi connectivity index (χ2n) is 6.48. The van der Waals surface area contributed by atoms with E-state index in [1.165, 1.54) is 0 Å². The zero-order valence-electron chi connectivity index (χ0n) is 15.2. The van der Waals surface area contributed by atoms with Gasteiger partial charge >= 0.3 is 12.8 Å². The number of likely N-dealkylation sites (tertiary alicyclic amines) is 1. The molecule has 2 N–H and O–H groups in total. The number of benzene rings is 1. The monoisotopic (exact) mass is 469 g/mol. The van der Waals surface area contributed by atoms with Crippen LogP contribution < -0.4 is 5.73 Å². The molecule has 1 saturated heterocycles. The molecule has 14 heteroatoms. The Morgan fingerprint density at radius 2 is 1.87 bits per heavy atom. The summed E-state index contributed by atoms with van der Waals surface area (Å²) in [4.78, 5) is 15.4. The Labute approximate surface area is 171 Å². The lowest BCUT2D eigenvalue weighted by Gasteiger charge is -2.38. The van der Waals surface area contributed by atoms with Gasteiger partial charge in [0.15, 0.2) is 5.69 Å². The maximum absolute atomic E-state index is 14.1. The van der Waals surface area contributed by atoms with Crippen LogP contribution in [0.1, 0.15) is 16.1 Å². The summed E-state index contributed by atoms with van der Waals surface area (Å²) in [5, 5.41) is 0. The number of sulfone groups is 1. The van der Waals surface area contributed by atoms with Gasteiger partial charge in [0.2, 0.25) is 9.84 Å². The predicted octanol–water partition coefficient (Wildman–Crippen LogP) is 2.72. The third-order valence-corrected chi connectivity index (χ3v) is 6.14. The van der Waals surface area contributed by atoms with Crippen molar-refractivity contribution in [3.8, 4) is 0 Å². The quantitative estimate of drug-likeness (QED) is 0.676. The molecule has 0 aliphatic carbocycles. The first kappa shape index (κ1) is 22.8. The topological polar surface area (TPSA) is 103 Å². The zero-order chi connectivity index (χ0) is 23.1. The number of nitrogens with two attached hydrogens (primary N) is 1. The Bertz CT molecular complexity index is 1120. The van der Waals surface area contributed by atoms with Gasteiger partial charge in [0.1, 0.15) is 10.7 Å². The molecular weight excluding hydrogens is 456 g/mol. The molecule has 168 valence electrons. The van der Waals surface area contributed by atoms with Crippen molar-refractivity contribution in [3.05, 3.63) is 47.5 Å². The number of anilines is 1. The number of nitrogens with zero attached hydrogens (tertiary/aromatic N) is 2. The molecule has 7 nitrogen and oxygen atoms in total. The van der Waals surface area contributed by atoms with Gasteiger partial charge in [0, 0.05) is 19.3 Å². The highest BCUT2D eigenvalue weighted by Gasteiger charge is 2.36. The Morgan fingerprint density at radius 1 is 1.23 bits per heavy atom. The van der Waals surface area contributed by atoms with Crippen LogP contribution in [0.2, 0.25) is 0 Å². The van der Waals surface area contributed by atoms with E-state index in [9.17, 15) is 39.6 Å². The molecule has 3 rings (SSSR count). The van der Waals surface area contributed by atoms with Crippen molar-refractivity contribution in [2.24, 2.45) is 0 Å². The van der Waals surface area contributed by atoms with Gasteiger partial charge in [0.25, 0.3) is 5.91 Å². The van der Waals surface area contributed by atoms with Gasteiger partial charge in [0.05, 0.1) is 22.3 Å². The Morgan fingerprint density at radius 3 is 2.39 bits per heavy atom. The number of halogens is 6. The number of carbonyl (C=O) groups is 1. The molecule has 1 aromatic carbocycles. The fraction of sp³-hybridized carbons (Fsp3) is 0.294. The minimum atomic E-state index is -4.87. The summed E-state index contributed by atoms with van der Waals surface area (Å²) >= 11 is 0. The SMILES string of the molecule is Nc1cc(S(=O)(=O)c2ccc(C(F)(F)F)cc2F)cnc1C(=O)N1CC(OC(F)F)C1. The normalized spacial score (nSPS) is 15.3. The van der Waals surface area contributed by atoms with Gasteiger partial charge in [-0.3, -0.25) is 4.79 Å². The fourth-order valence-corrected chi connectivity index (χ4v) is 4.08. The smallest absolute Gasteiger partial charge is 0.397 e. The minimum Gasteiger partial charge on any atom is -0.397 e. The molecule has 1 aliphatic rings. The van der Waals surface area contributed by atoms with Crippen molar-refractivity contribution >= 4 is 21.4 Å². The highest BCUT2D eigenvalue weighted by atomic mass is 32.2.